The maximum absolute atomic E-state index is 13.0. The number of hydrogen-bond donors (Lipinski definition) is 1. The average molecular weight is 480 g/mol. The number of nitrogens with zero attached hydrogens (tertiary/aromatic N) is 7. The van der Waals surface area contributed by atoms with Crippen molar-refractivity contribution in [1.82, 2.24) is 34.7 Å². The predicted octanol–water partition coefficient (Wildman–Crippen LogP) is 3.77. The molecule has 0 aromatic carbocycles. The quantitative estimate of drug-likeness (QED) is 0.471. The van der Waals surface area contributed by atoms with Crippen molar-refractivity contribution in [3.63, 3.8) is 0 Å². The van der Waals surface area contributed by atoms with Crippen molar-refractivity contribution in [3.8, 4) is 6.07 Å². The molecule has 4 aromatic heterocycles. The third-order valence-corrected chi connectivity index (χ3v) is 6.37. The summed E-state index contributed by atoms with van der Waals surface area (Å²) in [6.07, 6.45) is 1.65. The Bertz CT molecular complexity index is 1500. The van der Waals surface area contributed by atoms with E-state index in [2.05, 4.69) is 30.0 Å². The van der Waals surface area contributed by atoms with Crippen molar-refractivity contribution in [3.05, 3.63) is 75.2 Å². The average Bonchev–Trinajstić information content (AvgIpc) is 3.18. The molecule has 5 rings (SSSR count). The fraction of sp³-hybridized carbons (Fsp3) is 0.348. The molecule has 0 aliphatic heterocycles. The Morgan fingerprint density at radius 2 is 1.86 bits per heavy atom. The Labute approximate surface area is 196 Å². The first-order chi connectivity index (χ1) is 16.7. The summed E-state index contributed by atoms with van der Waals surface area (Å²) in [7, 11) is 0. The van der Waals surface area contributed by atoms with Crippen LogP contribution in [0.3, 0.4) is 0 Å². The highest BCUT2D eigenvalue weighted by Crippen LogP contribution is 2.46. The second kappa shape index (κ2) is 8.26. The van der Waals surface area contributed by atoms with Crippen LogP contribution in [0.1, 0.15) is 71.8 Å². The number of rotatable bonds is 4. The Hall–Kier alpha value is -4.14. The van der Waals surface area contributed by atoms with Crippen LogP contribution in [0.15, 0.2) is 35.5 Å². The SMILES string of the molecule is Cc1cnc([C@H]2CC[C@@H]2c2nc3c(c(C#N)nn3[C@@H](C)c3ccc(C(F)(F)F)nc3)c(=O)[nH]2)nc1. The van der Waals surface area contributed by atoms with E-state index in [-0.39, 0.29) is 28.6 Å². The van der Waals surface area contributed by atoms with Gasteiger partial charge >= 0.3 is 6.18 Å². The number of nitriles is 1. The topological polar surface area (TPSA) is 126 Å². The molecular formula is C23H19F3N8O. The maximum atomic E-state index is 13.0. The molecule has 4 heterocycles. The van der Waals surface area contributed by atoms with E-state index in [1.54, 1.807) is 19.3 Å². The van der Waals surface area contributed by atoms with Crippen LogP contribution in [0.4, 0.5) is 13.2 Å². The summed E-state index contributed by atoms with van der Waals surface area (Å²) in [6, 6.07) is 3.46. The van der Waals surface area contributed by atoms with Gasteiger partial charge in [0.1, 0.15) is 28.8 Å². The first-order valence-electron chi connectivity index (χ1n) is 10.9. The molecule has 1 N–H and O–H groups in total. The smallest absolute Gasteiger partial charge is 0.310 e. The molecule has 1 saturated carbocycles. The fourth-order valence-electron chi connectivity index (χ4n) is 4.28. The normalized spacial score (nSPS) is 18.7. The minimum atomic E-state index is -4.56. The number of H-pyrrole nitrogens is 1. The molecule has 9 nitrogen and oxygen atoms in total. The monoisotopic (exact) mass is 480 g/mol. The Kier molecular flexibility index (Phi) is 5.35. The number of aryl methyl sites for hydroxylation is 1. The predicted molar refractivity (Wildman–Crippen MR) is 117 cm³/mol. The van der Waals surface area contributed by atoms with Crippen LogP contribution >= 0.6 is 0 Å². The molecule has 0 bridgehead atoms. The van der Waals surface area contributed by atoms with Crippen LogP contribution in [0.2, 0.25) is 0 Å². The van der Waals surface area contributed by atoms with Crippen LogP contribution in [-0.4, -0.2) is 34.7 Å². The van der Waals surface area contributed by atoms with Crippen LogP contribution in [0, 0.1) is 18.3 Å². The molecule has 35 heavy (non-hydrogen) atoms. The second-order valence-electron chi connectivity index (χ2n) is 8.61. The van der Waals surface area contributed by atoms with Crippen LogP contribution in [0.25, 0.3) is 11.0 Å². The Morgan fingerprint density at radius 3 is 2.43 bits per heavy atom. The number of fused-ring (bicyclic) bond motifs is 1. The lowest BCUT2D eigenvalue weighted by atomic mass is 9.72. The molecule has 0 saturated heterocycles. The lowest BCUT2D eigenvalue weighted by Gasteiger charge is -2.34. The van der Waals surface area contributed by atoms with E-state index in [1.165, 1.54) is 10.7 Å². The van der Waals surface area contributed by atoms with Gasteiger partial charge in [-0.15, -0.1) is 0 Å². The molecule has 1 fully saturated rings. The van der Waals surface area contributed by atoms with E-state index >= 15 is 0 Å². The van der Waals surface area contributed by atoms with E-state index < -0.39 is 23.5 Å². The molecule has 4 aromatic rings. The summed E-state index contributed by atoms with van der Waals surface area (Å²) < 4.78 is 40.1. The number of aromatic nitrogens is 7. The van der Waals surface area contributed by atoms with Gasteiger partial charge in [-0.05, 0) is 43.9 Å². The van der Waals surface area contributed by atoms with Gasteiger partial charge in [0.2, 0.25) is 0 Å². The third-order valence-electron chi connectivity index (χ3n) is 6.37. The Balaban J connectivity index is 1.56. The van der Waals surface area contributed by atoms with Gasteiger partial charge in [-0.25, -0.2) is 19.6 Å². The molecule has 0 spiro atoms. The van der Waals surface area contributed by atoms with Crippen molar-refractivity contribution in [1.29, 1.82) is 5.26 Å². The minimum Gasteiger partial charge on any atom is -0.310 e. The molecule has 12 heteroatoms. The summed E-state index contributed by atoms with van der Waals surface area (Å²) in [5.41, 5.74) is -0.0757. The zero-order chi connectivity index (χ0) is 24.9. The van der Waals surface area contributed by atoms with E-state index in [9.17, 15) is 23.2 Å². The highest BCUT2D eigenvalue weighted by Gasteiger charge is 2.38. The molecule has 0 radical (unpaired) electrons. The zero-order valence-corrected chi connectivity index (χ0v) is 18.7. The minimum absolute atomic E-state index is 0.0143. The number of aromatic amines is 1. The van der Waals surface area contributed by atoms with Gasteiger partial charge in [0.05, 0.1) is 6.04 Å². The van der Waals surface area contributed by atoms with E-state index in [0.717, 1.165) is 30.7 Å². The molecule has 178 valence electrons. The molecule has 1 aliphatic carbocycles. The summed E-state index contributed by atoms with van der Waals surface area (Å²) in [4.78, 5) is 32.7. The summed E-state index contributed by atoms with van der Waals surface area (Å²) in [6.45, 7) is 3.59. The Morgan fingerprint density at radius 1 is 1.14 bits per heavy atom. The first kappa shape index (κ1) is 22.6. The van der Waals surface area contributed by atoms with Gasteiger partial charge in [-0.3, -0.25) is 9.78 Å². The molecule has 1 aliphatic rings. The van der Waals surface area contributed by atoms with Crippen molar-refractivity contribution in [2.75, 3.05) is 0 Å². The second-order valence-corrected chi connectivity index (χ2v) is 8.61. The highest BCUT2D eigenvalue weighted by molar-refractivity contribution is 5.80. The van der Waals surface area contributed by atoms with E-state index in [4.69, 9.17) is 0 Å². The maximum Gasteiger partial charge on any atom is 0.433 e. The number of halogens is 3. The third kappa shape index (κ3) is 3.92. The molecule has 0 amide bonds. The van der Waals surface area contributed by atoms with Crippen molar-refractivity contribution in [2.24, 2.45) is 0 Å². The number of nitrogens with one attached hydrogen (secondary N) is 1. The van der Waals surface area contributed by atoms with Gasteiger partial charge in [-0.2, -0.15) is 23.5 Å². The van der Waals surface area contributed by atoms with Crippen LogP contribution in [0.5, 0.6) is 0 Å². The van der Waals surface area contributed by atoms with Crippen LogP contribution < -0.4 is 5.56 Å². The van der Waals surface area contributed by atoms with Crippen molar-refractivity contribution in [2.45, 2.75) is 50.7 Å². The summed E-state index contributed by atoms with van der Waals surface area (Å²) >= 11 is 0. The summed E-state index contributed by atoms with van der Waals surface area (Å²) in [5.74, 6) is 0.975. The summed E-state index contributed by atoms with van der Waals surface area (Å²) in [5, 5.41) is 13.8. The van der Waals surface area contributed by atoms with Gasteiger partial charge < -0.3 is 4.98 Å². The molecular weight excluding hydrogens is 461 g/mol. The van der Waals surface area contributed by atoms with E-state index in [1.807, 2.05) is 13.0 Å². The van der Waals surface area contributed by atoms with Gasteiger partial charge in [0.25, 0.3) is 5.56 Å². The molecule has 3 atom stereocenters. The van der Waals surface area contributed by atoms with Gasteiger partial charge in [-0.1, -0.05) is 6.07 Å². The number of alkyl halides is 3. The highest BCUT2D eigenvalue weighted by atomic mass is 19.4. The number of hydrogen-bond acceptors (Lipinski definition) is 7. The lowest BCUT2D eigenvalue weighted by Crippen LogP contribution is -2.28. The van der Waals surface area contributed by atoms with Crippen molar-refractivity contribution < 1.29 is 13.2 Å². The lowest BCUT2D eigenvalue weighted by molar-refractivity contribution is -0.141. The fourth-order valence-corrected chi connectivity index (χ4v) is 4.28. The van der Waals surface area contributed by atoms with Crippen molar-refractivity contribution >= 4 is 11.0 Å². The first-order valence-corrected chi connectivity index (χ1v) is 10.9. The zero-order valence-electron chi connectivity index (χ0n) is 18.7. The standard InChI is InChI=1S/C23H19F3N8O/c1-11-8-29-19(30-9-11)14-4-5-15(14)20-31-21-18(22(35)32-20)16(7-27)33-34(21)12(2)13-3-6-17(28-10-13)23(24,25)26/h3,6,8-10,12,14-15H,4-5H2,1-2H3,(H,31,32,35)/t12-,14-,15-/m0/s1. The van der Waals surface area contributed by atoms with Gasteiger partial charge in [0.15, 0.2) is 11.3 Å². The van der Waals surface area contributed by atoms with Gasteiger partial charge in [0, 0.05) is 30.4 Å². The number of pyridine rings is 1. The largest absolute Gasteiger partial charge is 0.433 e. The molecule has 0 unspecified atom stereocenters. The van der Waals surface area contributed by atoms with E-state index in [0.29, 0.717) is 17.2 Å². The van der Waals surface area contributed by atoms with Crippen LogP contribution in [-0.2, 0) is 6.18 Å².